The van der Waals surface area contributed by atoms with Crippen LogP contribution in [0.15, 0.2) is 54.7 Å². The number of aromatic nitrogens is 3. The minimum Gasteiger partial charge on any atom is -0.220 e. The van der Waals surface area contributed by atoms with E-state index in [1.54, 1.807) is 0 Å². The van der Waals surface area contributed by atoms with Crippen LogP contribution in [0.5, 0.6) is 0 Å². The van der Waals surface area contributed by atoms with Gasteiger partial charge in [-0.05, 0) is 36.6 Å². The second kappa shape index (κ2) is 5.29. The van der Waals surface area contributed by atoms with Crippen LogP contribution in [0.2, 0.25) is 0 Å². The smallest absolute Gasteiger partial charge is 0.113 e. The average molecular weight is 263 g/mol. The number of rotatable bonds is 3. The number of benzene rings is 2. The zero-order valence-corrected chi connectivity index (χ0v) is 11.7. The van der Waals surface area contributed by atoms with Crippen molar-refractivity contribution in [3.8, 4) is 16.9 Å². The van der Waals surface area contributed by atoms with Gasteiger partial charge in [0.1, 0.15) is 5.69 Å². The Labute approximate surface area is 118 Å². The summed E-state index contributed by atoms with van der Waals surface area (Å²) in [7, 11) is 0. The van der Waals surface area contributed by atoms with E-state index in [9.17, 15) is 0 Å². The maximum Gasteiger partial charge on any atom is 0.113 e. The van der Waals surface area contributed by atoms with Gasteiger partial charge >= 0.3 is 0 Å². The van der Waals surface area contributed by atoms with Crippen LogP contribution in [0, 0.1) is 6.92 Å². The van der Waals surface area contributed by atoms with E-state index < -0.39 is 0 Å². The molecular formula is C17H17N3. The van der Waals surface area contributed by atoms with Crippen LogP contribution in [0.3, 0.4) is 0 Å². The van der Waals surface area contributed by atoms with E-state index >= 15 is 0 Å². The summed E-state index contributed by atoms with van der Waals surface area (Å²) in [6.45, 7) is 4.23. The number of nitrogens with zero attached hydrogens (tertiary/aromatic N) is 3. The van der Waals surface area contributed by atoms with Gasteiger partial charge in [0.15, 0.2) is 0 Å². The molecule has 0 bridgehead atoms. The largest absolute Gasteiger partial charge is 0.220 e. The fourth-order valence-corrected chi connectivity index (χ4v) is 2.20. The molecule has 3 aromatic rings. The third-order valence-corrected chi connectivity index (χ3v) is 3.42. The van der Waals surface area contributed by atoms with Crippen molar-refractivity contribution in [2.45, 2.75) is 20.3 Å². The Morgan fingerprint density at radius 2 is 1.85 bits per heavy atom. The highest BCUT2D eigenvalue weighted by Crippen LogP contribution is 2.19. The van der Waals surface area contributed by atoms with Gasteiger partial charge in [0.25, 0.3) is 0 Å². The minimum absolute atomic E-state index is 0.897. The maximum atomic E-state index is 4.26. The molecule has 0 spiro atoms. The molecule has 0 saturated heterocycles. The third-order valence-electron chi connectivity index (χ3n) is 3.42. The summed E-state index contributed by atoms with van der Waals surface area (Å²) < 4.78 is 1.82. The maximum absolute atomic E-state index is 4.26. The molecule has 0 fully saturated rings. The lowest BCUT2D eigenvalue weighted by Crippen LogP contribution is -1.94. The predicted octanol–water partition coefficient (Wildman–Crippen LogP) is 3.81. The highest BCUT2D eigenvalue weighted by Gasteiger charge is 2.05. The Morgan fingerprint density at radius 3 is 2.55 bits per heavy atom. The first-order chi connectivity index (χ1) is 9.76. The van der Waals surface area contributed by atoms with E-state index in [0.717, 1.165) is 23.4 Å². The number of hydrogen-bond donors (Lipinski definition) is 0. The Balaban J connectivity index is 1.93. The molecule has 0 aliphatic heterocycles. The fraction of sp³-hybridized carbons (Fsp3) is 0.176. The van der Waals surface area contributed by atoms with Crippen molar-refractivity contribution in [2.24, 2.45) is 0 Å². The molecule has 0 saturated carbocycles. The van der Waals surface area contributed by atoms with E-state index in [0.29, 0.717) is 0 Å². The van der Waals surface area contributed by atoms with Gasteiger partial charge in [-0.2, -0.15) is 0 Å². The molecule has 20 heavy (non-hydrogen) atoms. The Bertz CT molecular complexity index is 711. The highest BCUT2D eigenvalue weighted by atomic mass is 15.4. The summed E-state index contributed by atoms with van der Waals surface area (Å²) in [5.74, 6) is 0. The van der Waals surface area contributed by atoms with Gasteiger partial charge in [-0.25, -0.2) is 4.68 Å². The standard InChI is InChI=1S/C17H17N3/c1-3-14-7-9-15(10-8-14)17-12-20(19-18-17)16-6-4-5-13(2)11-16/h4-12H,3H2,1-2H3. The molecule has 0 atom stereocenters. The summed E-state index contributed by atoms with van der Waals surface area (Å²) in [6.07, 6.45) is 3.02. The molecular weight excluding hydrogens is 246 g/mol. The Hall–Kier alpha value is -2.42. The molecule has 1 heterocycles. The van der Waals surface area contributed by atoms with Gasteiger partial charge in [-0.15, -0.1) is 5.10 Å². The topological polar surface area (TPSA) is 30.7 Å². The molecule has 0 radical (unpaired) electrons. The predicted molar refractivity (Wildman–Crippen MR) is 80.9 cm³/mol. The molecule has 0 aliphatic carbocycles. The lowest BCUT2D eigenvalue weighted by Gasteiger charge is -2.00. The molecule has 100 valence electrons. The second-order valence-electron chi connectivity index (χ2n) is 4.94. The fourth-order valence-electron chi connectivity index (χ4n) is 2.20. The first-order valence-electron chi connectivity index (χ1n) is 6.85. The highest BCUT2D eigenvalue weighted by molar-refractivity contribution is 5.58. The molecule has 1 aromatic heterocycles. The van der Waals surface area contributed by atoms with Crippen molar-refractivity contribution in [1.82, 2.24) is 15.0 Å². The van der Waals surface area contributed by atoms with Crippen LogP contribution >= 0.6 is 0 Å². The van der Waals surface area contributed by atoms with E-state index in [1.807, 2.05) is 23.0 Å². The number of hydrogen-bond acceptors (Lipinski definition) is 2. The van der Waals surface area contributed by atoms with Crippen molar-refractivity contribution in [2.75, 3.05) is 0 Å². The van der Waals surface area contributed by atoms with Gasteiger partial charge in [0.05, 0.1) is 11.9 Å². The van der Waals surface area contributed by atoms with E-state index in [1.165, 1.54) is 11.1 Å². The van der Waals surface area contributed by atoms with E-state index in [4.69, 9.17) is 0 Å². The average Bonchev–Trinajstić information content (AvgIpc) is 2.97. The SMILES string of the molecule is CCc1ccc(-c2cn(-c3cccc(C)c3)nn2)cc1. The van der Waals surface area contributed by atoms with Crippen molar-refractivity contribution in [3.63, 3.8) is 0 Å². The van der Waals surface area contributed by atoms with Crippen LogP contribution in [0.4, 0.5) is 0 Å². The second-order valence-corrected chi connectivity index (χ2v) is 4.94. The normalized spacial score (nSPS) is 10.7. The number of aryl methyl sites for hydroxylation is 2. The monoisotopic (exact) mass is 263 g/mol. The zero-order chi connectivity index (χ0) is 13.9. The molecule has 0 unspecified atom stereocenters. The first kappa shape index (κ1) is 12.6. The van der Waals surface area contributed by atoms with Gasteiger partial charge in [-0.3, -0.25) is 0 Å². The van der Waals surface area contributed by atoms with Gasteiger partial charge < -0.3 is 0 Å². The third kappa shape index (κ3) is 2.48. The van der Waals surface area contributed by atoms with Crippen LogP contribution in [0.1, 0.15) is 18.1 Å². The quantitative estimate of drug-likeness (QED) is 0.719. The van der Waals surface area contributed by atoms with Crippen LogP contribution in [-0.4, -0.2) is 15.0 Å². The summed E-state index contributed by atoms with van der Waals surface area (Å²) in [5, 5.41) is 8.47. The Morgan fingerprint density at radius 1 is 1.05 bits per heavy atom. The lowest BCUT2D eigenvalue weighted by molar-refractivity contribution is 0.803. The molecule has 3 nitrogen and oxygen atoms in total. The first-order valence-corrected chi connectivity index (χ1v) is 6.85. The van der Waals surface area contributed by atoms with Crippen LogP contribution in [-0.2, 0) is 6.42 Å². The van der Waals surface area contributed by atoms with E-state index in [-0.39, 0.29) is 0 Å². The Kier molecular flexibility index (Phi) is 3.33. The molecule has 3 rings (SSSR count). The van der Waals surface area contributed by atoms with Crippen molar-refractivity contribution in [3.05, 3.63) is 65.9 Å². The van der Waals surface area contributed by atoms with Crippen LogP contribution in [0.25, 0.3) is 16.9 Å². The molecule has 0 N–H and O–H groups in total. The van der Waals surface area contributed by atoms with Crippen molar-refractivity contribution >= 4 is 0 Å². The summed E-state index contributed by atoms with van der Waals surface area (Å²) in [4.78, 5) is 0. The van der Waals surface area contributed by atoms with Crippen LogP contribution < -0.4 is 0 Å². The lowest BCUT2D eigenvalue weighted by atomic mass is 10.1. The van der Waals surface area contributed by atoms with Crippen molar-refractivity contribution in [1.29, 1.82) is 0 Å². The van der Waals surface area contributed by atoms with Gasteiger partial charge in [0.2, 0.25) is 0 Å². The van der Waals surface area contributed by atoms with Gasteiger partial charge in [-0.1, -0.05) is 48.5 Å². The minimum atomic E-state index is 0.897. The molecule has 2 aromatic carbocycles. The summed E-state index contributed by atoms with van der Waals surface area (Å²) in [5.41, 5.74) is 5.58. The van der Waals surface area contributed by atoms with E-state index in [2.05, 4.69) is 60.6 Å². The molecule has 0 amide bonds. The molecule has 0 aliphatic rings. The zero-order valence-electron chi connectivity index (χ0n) is 11.7. The summed E-state index contributed by atoms with van der Waals surface area (Å²) in [6, 6.07) is 16.7. The summed E-state index contributed by atoms with van der Waals surface area (Å²) >= 11 is 0. The van der Waals surface area contributed by atoms with Crippen molar-refractivity contribution < 1.29 is 0 Å². The van der Waals surface area contributed by atoms with Gasteiger partial charge in [0, 0.05) is 5.56 Å². The molecule has 3 heteroatoms.